The minimum absolute atomic E-state index is 0.173. The van der Waals surface area contributed by atoms with Crippen LogP contribution in [0.25, 0.3) is 0 Å². The van der Waals surface area contributed by atoms with Crippen LogP contribution in [0.1, 0.15) is 6.42 Å². The summed E-state index contributed by atoms with van der Waals surface area (Å²) in [6.07, 6.45) is 0.173. The van der Waals surface area contributed by atoms with Crippen molar-refractivity contribution in [3.05, 3.63) is 0 Å². The second kappa shape index (κ2) is 4.74. The highest BCUT2D eigenvalue weighted by Crippen LogP contribution is 2.09. The van der Waals surface area contributed by atoms with Gasteiger partial charge in [0, 0.05) is 20.1 Å². The number of rotatable bonds is 4. The van der Waals surface area contributed by atoms with E-state index in [1.807, 2.05) is 0 Å². The predicted octanol–water partition coefficient (Wildman–Crippen LogP) is -2.00. The first-order valence-corrected chi connectivity index (χ1v) is 4.59. The van der Waals surface area contributed by atoms with E-state index in [1.54, 1.807) is 0 Å². The maximum Gasteiger partial charge on any atom is 0.312 e. The van der Waals surface area contributed by atoms with Crippen LogP contribution in [-0.2, 0) is 9.59 Å². The van der Waals surface area contributed by atoms with Crippen LogP contribution in [0, 0.1) is 0 Å². The normalized spacial score (nSPS) is 20.9. The Morgan fingerprint density at radius 2 is 2.20 bits per heavy atom. The topological polar surface area (TPSA) is 105 Å². The molecule has 84 valence electrons. The number of urea groups is 1. The summed E-state index contributed by atoms with van der Waals surface area (Å²) < 4.78 is 0. The van der Waals surface area contributed by atoms with Gasteiger partial charge in [-0.15, -0.1) is 0 Å². The molecule has 1 heterocycles. The summed E-state index contributed by atoms with van der Waals surface area (Å²) in [6, 6.07) is -1.08. The van der Waals surface area contributed by atoms with E-state index in [0.717, 1.165) is 4.90 Å². The molecule has 0 bridgehead atoms. The standard InChI is InChI=1S/C8H14N4O3/c1-12-6(13)4-5(7(12)14)10-2-3-11-8(9)15/h5,10H,2-4H2,1H3,(H3,9,11,15). The van der Waals surface area contributed by atoms with E-state index in [0.29, 0.717) is 13.1 Å². The van der Waals surface area contributed by atoms with Crippen molar-refractivity contribution in [1.82, 2.24) is 15.5 Å². The van der Waals surface area contributed by atoms with Crippen LogP contribution in [-0.4, -0.2) is 48.9 Å². The van der Waals surface area contributed by atoms with Crippen LogP contribution >= 0.6 is 0 Å². The third kappa shape index (κ3) is 2.91. The number of amides is 4. The highest BCUT2D eigenvalue weighted by atomic mass is 16.2. The molecule has 1 fully saturated rings. The summed E-state index contributed by atoms with van der Waals surface area (Å²) in [5.74, 6) is -0.431. The Hall–Kier alpha value is -1.63. The quantitative estimate of drug-likeness (QED) is 0.372. The second-order valence-electron chi connectivity index (χ2n) is 3.29. The fourth-order valence-corrected chi connectivity index (χ4v) is 1.35. The molecule has 0 aromatic heterocycles. The molecule has 1 unspecified atom stereocenters. The Morgan fingerprint density at radius 1 is 1.53 bits per heavy atom. The zero-order valence-corrected chi connectivity index (χ0v) is 8.45. The molecule has 0 spiro atoms. The Labute approximate surface area is 87.0 Å². The Bertz CT molecular complexity index is 292. The van der Waals surface area contributed by atoms with E-state index >= 15 is 0 Å². The van der Waals surface area contributed by atoms with Gasteiger partial charge in [0.05, 0.1) is 12.5 Å². The average Bonchev–Trinajstić information content (AvgIpc) is 2.41. The van der Waals surface area contributed by atoms with Crippen molar-refractivity contribution >= 4 is 17.8 Å². The molecule has 1 saturated heterocycles. The summed E-state index contributed by atoms with van der Waals surface area (Å²) in [6.45, 7) is 0.734. The number of nitrogens with zero attached hydrogens (tertiary/aromatic N) is 1. The molecule has 1 aliphatic rings. The molecular formula is C8H14N4O3. The minimum atomic E-state index is -0.609. The SMILES string of the molecule is CN1C(=O)CC(NCCNC(N)=O)C1=O. The summed E-state index contributed by atoms with van der Waals surface area (Å²) in [7, 11) is 1.45. The van der Waals surface area contributed by atoms with E-state index in [-0.39, 0.29) is 18.2 Å². The maximum atomic E-state index is 11.4. The first kappa shape index (κ1) is 11.4. The van der Waals surface area contributed by atoms with Gasteiger partial charge in [-0.05, 0) is 0 Å². The first-order chi connectivity index (χ1) is 7.02. The lowest BCUT2D eigenvalue weighted by Gasteiger charge is -2.10. The van der Waals surface area contributed by atoms with Crippen LogP contribution < -0.4 is 16.4 Å². The second-order valence-corrected chi connectivity index (χ2v) is 3.29. The number of nitrogens with one attached hydrogen (secondary N) is 2. The fraction of sp³-hybridized carbons (Fsp3) is 0.625. The zero-order valence-electron chi connectivity index (χ0n) is 8.45. The van der Waals surface area contributed by atoms with Crippen molar-refractivity contribution in [1.29, 1.82) is 0 Å². The molecule has 4 N–H and O–H groups in total. The Balaban J connectivity index is 2.26. The monoisotopic (exact) mass is 214 g/mol. The lowest BCUT2D eigenvalue weighted by Crippen LogP contribution is -2.42. The van der Waals surface area contributed by atoms with Gasteiger partial charge < -0.3 is 16.4 Å². The largest absolute Gasteiger partial charge is 0.352 e. The van der Waals surface area contributed by atoms with Crippen molar-refractivity contribution in [3.63, 3.8) is 0 Å². The number of carbonyl (C=O) groups is 3. The van der Waals surface area contributed by atoms with Crippen molar-refractivity contribution in [2.75, 3.05) is 20.1 Å². The number of likely N-dealkylation sites (N-methyl/N-ethyl adjacent to an activating group) is 1. The number of hydrogen-bond acceptors (Lipinski definition) is 4. The molecular weight excluding hydrogens is 200 g/mol. The molecule has 1 rings (SSSR count). The third-order valence-electron chi connectivity index (χ3n) is 2.20. The molecule has 0 saturated carbocycles. The number of likely N-dealkylation sites (tertiary alicyclic amines) is 1. The summed E-state index contributed by atoms with van der Waals surface area (Å²) in [4.78, 5) is 33.9. The van der Waals surface area contributed by atoms with Gasteiger partial charge >= 0.3 is 6.03 Å². The van der Waals surface area contributed by atoms with E-state index in [9.17, 15) is 14.4 Å². The minimum Gasteiger partial charge on any atom is -0.352 e. The van der Waals surface area contributed by atoms with Crippen molar-refractivity contribution in [2.45, 2.75) is 12.5 Å². The number of primary amides is 1. The molecule has 0 aromatic rings. The predicted molar refractivity (Wildman–Crippen MR) is 51.8 cm³/mol. The average molecular weight is 214 g/mol. The zero-order chi connectivity index (χ0) is 11.4. The molecule has 0 aromatic carbocycles. The van der Waals surface area contributed by atoms with Gasteiger partial charge in [0.15, 0.2) is 0 Å². The summed E-state index contributed by atoms with van der Waals surface area (Å²) in [5.41, 5.74) is 4.85. The van der Waals surface area contributed by atoms with Gasteiger partial charge in [-0.1, -0.05) is 0 Å². The van der Waals surface area contributed by atoms with E-state index in [1.165, 1.54) is 7.05 Å². The van der Waals surface area contributed by atoms with Gasteiger partial charge in [-0.3, -0.25) is 14.5 Å². The van der Waals surface area contributed by atoms with Crippen molar-refractivity contribution < 1.29 is 14.4 Å². The van der Waals surface area contributed by atoms with Crippen molar-refractivity contribution in [3.8, 4) is 0 Å². The Morgan fingerprint density at radius 3 is 2.67 bits per heavy atom. The molecule has 0 radical (unpaired) electrons. The summed E-state index contributed by atoms with van der Waals surface area (Å²) in [5, 5.41) is 5.24. The smallest absolute Gasteiger partial charge is 0.312 e. The molecule has 4 amide bonds. The molecule has 1 atom stereocenters. The van der Waals surface area contributed by atoms with Crippen LogP contribution in [0.4, 0.5) is 4.79 Å². The first-order valence-electron chi connectivity index (χ1n) is 4.59. The molecule has 15 heavy (non-hydrogen) atoms. The lowest BCUT2D eigenvalue weighted by molar-refractivity contribution is -0.137. The van der Waals surface area contributed by atoms with E-state index in [4.69, 9.17) is 5.73 Å². The van der Waals surface area contributed by atoms with Gasteiger partial charge in [0.2, 0.25) is 11.8 Å². The van der Waals surface area contributed by atoms with Crippen LogP contribution in [0.3, 0.4) is 0 Å². The highest BCUT2D eigenvalue weighted by molar-refractivity contribution is 6.05. The molecule has 1 aliphatic heterocycles. The van der Waals surface area contributed by atoms with E-state index in [2.05, 4.69) is 10.6 Å². The van der Waals surface area contributed by atoms with Gasteiger partial charge in [-0.2, -0.15) is 0 Å². The number of carbonyl (C=O) groups excluding carboxylic acids is 3. The van der Waals surface area contributed by atoms with Gasteiger partial charge in [0.25, 0.3) is 0 Å². The third-order valence-corrected chi connectivity index (χ3v) is 2.20. The van der Waals surface area contributed by atoms with Crippen molar-refractivity contribution in [2.24, 2.45) is 5.73 Å². The number of hydrogen-bond donors (Lipinski definition) is 3. The highest BCUT2D eigenvalue weighted by Gasteiger charge is 2.35. The molecule has 7 nitrogen and oxygen atoms in total. The Kier molecular flexibility index (Phi) is 3.62. The van der Waals surface area contributed by atoms with Crippen LogP contribution in [0.5, 0.6) is 0 Å². The maximum absolute atomic E-state index is 11.4. The number of imide groups is 1. The summed E-state index contributed by atoms with van der Waals surface area (Å²) >= 11 is 0. The lowest BCUT2D eigenvalue weighted by atomic mass is 10.2. The van der Waals surface area contributed by atoms with Gasteiger partial charge in [-0.25, -0.2) is 4.79 Å². The molecule has 7 heteroatoms. The van der Waals surface area contributed by atoms with Gasteiger partial charge in [0.1, 0.15) is 0 Å². The van der Waals surface area contributed by atoms with Crippen LogP contribution in [0.15, 0.2) is 0 Å². The molecule has 0 aliphatic carbocycles. The van der Waals surface area contributed by atoms with Crippen LogP contribution in [0.2, 0.25) is 0 Å². The number of nitrogens with two attached hydrogens (primary N) is 1. The fourth-order valence-electron chi connectivity index (χ4n) is 1.35. The van der Waals surface area contributed by atoms with E-state index < -0.39 is 12.1 Å².